The molecule has 174 valence electrons. The SMILES string of the molecule is CCN(CC)c1ccc([C@@H](c2ccc(OC(F)(F)F)cc2)N2CCNCC2)cc1.Cl.Cl. The fourth-order valence-corrected chi connectivity index (χ4v) is 3.86. The van der Waals surface area contributed by atoms with Gasteiger partial charge in [0.15, 0.2) is 0 Å². The minimum Gasteiger partial charge on any atom is -0.406 e. The van der Waals surface area contributed by atoms with Gasteiger partial charge >= 0.3 is 6.36 Å². The fourth-order valence-electron chi connectivity index (χ4n) is 3.86. The van der Waals surface area contributed by atoms with E-state index in [0.717, 1.165) is 50.4 Å². The third-order valence-electron chi connectivity index (χ3n) is 5.28. The molecule has 4 nitrogen and oxygen atoms in total. The molecule has 0 bridgehead atoms. The zero-order chi connectivity index (χ0) is 20.9. The number of hydrogen-bond donors (Lipinski definition) is 1. The number of alkyl halides is 3. The van der Waals surface area contributed by atoms with E-state index in [4.69, 9.17) is 0 Å². The van der Waals surface area contributed by atoms with E-state index in [9.17, 15) is 13.2 Å². The van der Waals surface area contributed by atoms with Crippen molar-refractivity contribution in [1.29, 1.82) is 0 Å². The Morgan fingerprint density at radius 3 is 1.84 bits per heavy atom. The number of piperazine rings is 1. The number of rotatable bonds is 7. The average molecular weight is 480 g/mol. The largest absolute Gasteiger partial charge is 0.573 e. The number of anilines is 1. The molecule has 0 radical (unpaired) electrons. The zero-order valence-corrected chi connectivity index (χ0v) is 19.3. The van der Waals surface area contributed by atoms with E-state index in [-0.39, 0.29) is 36.6 Å². The van der Waals surface area contributed by atoms with Crippen LogP contribution in [0, 0.1) is 0 Å². The van der Waals surface area contributed by atoms with Gasteiger partial charge in [0.1, 0.15) is 5.75 Å². The molecule has 2 aromatic carbocycles. The summed E-state index contributed by atoms with van der Waals surface area (Å²) < 4.78 is 41.5. The number of nitrogens with zero attached hydrogens (tertiary/aromatic N) is 2. The first-order valence-electron chi connectivity index (χ1n) is 10.1. The van der Waals surface area contributed by atoms with Crippen LogP contribution in [0.25, 0.3) is 0 Å². The van der Waals surface area contributed by atoms with Crippen LogP contribution in [-0.4, -0.2) is 50.5 Å². The smallest absolute Gasteiger partial charge is 0.406 e. The Labute approximate surface area is 194 Å². The van der Waals surface area contributed by atoms with Gasteiger partial charge in [-0.05, 0) is 49.2 Å². The quantitative estimate of drug-likeness (QED) is 0.585. The molecular formula is C22H30Cl2F3N3O. The zero-order valence-electron chi connectivity index (χ0n) is 17.7. The number of halogens is 5. The van der Waals surface area contributed by atoms with E-state index in [1.54, 1.807) is 12.1 Å². The van der Waals surface area contributed by atoms with Crippen molar-refractivity contribution in [1.82, 2.24) is 10.2 Å². The van der Waals surface area contributed by atoms with Crippen LogP contribution in [0.15, 0.2) is 48.5 Å². The molecule has 0 aromatic heterocycles. The summed E-state index contributed by atoms with van der Waals surface area (Å²) in [6.45, 7) is 9.69. The molecule has 1 heterocycles. The molecule has 9 heteroatoms. The summed E-state index contributed by atoms with van der Waals surface area (Å²) >= 11 is 0. The highest BCUT2D eigenvalue weighted by Crippen LogP contribution is 2.32. The van der Waals surface area contributed by atoms with Gasteiger partial charge in [0, 0.05) is 45.0 Å². The highest BCUT2D eigenvalue weighted by atomic mass is 35.5. The highest BCUT2D eigenvalue weighted by molar-refractivity contribution is 5.85. The molecule has 0 amide bonds. The van der Waals surface area contributed by atoms with Crippen LogP contribution in [0.4, 0.5) is 18.9 Å². The lowest BCUT2D eigenvalue weighted by Gasteiger charge is -2.36. The van der Waals surface area contributed by atoms with Gasteiger partial charge in [-0.2, -0.15) is 0 Å². The maximum absolute atomic E-state index is 12.5. The molecule has 0 unspecified atom stereocenters. The third kappa shape index (κ3) is 7.45. The van der Waals surface area contributed by atoms with Crippen LogP contribution in [0.5, 0.6) is 5.75 Å². The van der Waals surface area contributed by atoms with Gasteiger partial charge in [0.2, 0.25) is 0 Å². The van der Waals surface area contributed by atoms with Gasteiger partial charge in [-0.15, -0.1) is 38.0 Å². The average Bonchev–Trinajstić information content (AvgIpc) is 2.71. The van der Waals surface area contributed by atoms with Gasteiger partial charge in [-0.1, -0.05) is 24.3 Å². The van der Waals surface area contributed by atoms with Crippen molar-refractivity contribution in [3.8, 4) is 5.75 Å². The van der Waals surface area contributed by atoms with Crippen LogP contribution in [0.3, 0.4) is 0 Å². The van der Waals surface area contributed by atoms with Crippen LogP contribution in [-0.2, 0) is 0 Å². The Hall–Kier alpha value is -1.67. The third-order valence-corrected chi connectivity index (χ3v) is 5.28. The lowest BCUT2D eigenvalue weighted by atomic mass is 9.96. The van der Waals surface area contributed by atoms with Crippen LogP contribution >= 0.6 is 24.8 Å². The van der Waals surface area contributed by atoms with Crippen molar-refractivity contribution in [2.75, 3.05) is 44.2 Å². The number of hydrogen-bond acceptors (Lipinski definition) is 4. The summed E-state index contributed by atoms with van der Waals surface area (Å²) in [7, 11) is 0. The molecule has 31 heavy (non-hydrogen) atoms. The fraction of sp³-hybridized carbons (Fsp3) is 0.455. The molecular weight excluding hydrogens is 450 g/mol. The molecule has 1 atom stereocenters. The lowest BCUT2D eigenvalue weighted by Crippen LogP contribution is -2.45. The van der Waals surface area contributed by atoms with E-state index in [2.05, 4.69) is 58.0 Å². The van der Waals surface area contributed by atoms with Gasteiger partial charge in [-0.25, -0.2) is 0 Å². The first-order valence-corrected chi connectivity index (χ1v) is 10.1. The Morgan fingerprint density at radius 2 is 1.39 bits per heavy atom. The van der Waals surface area contributed by atoms with Crippen molar-refractivity contribution in [2.24, 2.45) is 0 Å². The second-order valence-electron chi connectivity index (χ2n) is 7.07. The summed E-state index contributed by atoms with van der Waals surface area (Å²) in [5, 5.41) is 3.35. The Morgan fingerprint density at radius 1 is 0.903 bits per heavy atom. The first-order chi connectivity index (χ1) is 13.9. The summed E-state index contributed by atoms with van der Waals surface area (Å²) in [5.74, 6) is -0.197. The second-order valence-corrected chi connectivity index (χ2v) is 7.07. The van der Waals surface area contributed by atoms with E-state index in [0.29, 0.717) is 0 Å². The minimum atomic E-state index is -4.68. The molecule has 1 fully saturated rings. The maximum Gasteiger partial charge on any atom is 0.573 e. The topological polar surface area (TPSA) is 27.7 Å². The molecule has 2 aromatic rings. The van der Waals surface area contributed by atoms with Gasteiger partial charge in [-0.3, -0.25) is 4.90 Å². The van der Waals surface area contributed by atoms with E-state index >= 15 is 0 Å². The van der Waals surface area contributed by atoms with Crippen molar-refractivity contribution in [3.63, 3.8) is 0 Å². The van der Waals surface area contributed by atoms with Gasteiger partial charge in [0.05, 0.1) is 6.04 Å². The second kappa shape index (κ2) is 12.4. The molecule has 3 rings (SSSR count). The van der Waals surface area contributed by atoms with Crippen molar-refractivity contribution in [3.05, 3.63) is 59.7 Å². The Balaban J connectivity index is 0.00000240. The molecule has 0 spiro atoms. The Kier molecular flexibility index (Phi) is 10.9. The van der Waals surface area contributed by atoms with Gasteiger partial charge in [0.25, 0.3) is 0 Å². The molecule has 1 aliphatic heterocycles. The van der Waals surface area contributed by atoms with E-state index in [1.807, 2.05) is 0 Å². The Bertz CT molecular complexity index is 763. The van der Waals surface area contributed by atoms with Crippen LogP contribution < -0.4 is 15.0 Å². The summed E-state index contributed by atoms with van der Waals surface area (Å²) in [6.07, 6.45) is -4.68. The predicted octanol–water partition coefficient (Wildman–Crippen LogP) is 5.27. The monoisotopic (exact) mass is 479 g/mol. The van der Waals surface area contributed by atoms with E-state index < -0.39 is 6.36 Å². The summed E-state index contributed by atoms with van der Waals surface area (Å²) in [6, 6.07) is 14.7. The number of ether oxygens (including phenoxy) is 1. The normalized spacial score (nSPS) is 15.4. The predicted molar refractivity (Wildman–Crippen MR) is 124 cm³/mol. The summed E-state index contributed by atoms with van der Waals surface area (Å²) in [4.78, 5) is 4.65. The van der Waals surface area contributed by atoms with Gasteiger partial charge < -0.3 is 15.0 Å². The summed E-state index contributed by atoms with van der Waals surface area (Å²) in [5.41, 5.74) is 3.26. The van der Waals surface area contributed by atoms with Crippen molar-refractivity contribution in [2.45, 2.75) is 26.3 Å². The molecule has 1 aliphatic rings. The highest BCUT2D eigenvalue weighted by Gasteiger charge is 2.31. The molecule has 1 N–H and O–H groups in total. The number of benzene rings is 2. The molecule has 0 saturated carbocycles. The van der Waals surface area contributed by atoms with Crippen molar-refractivity contribution < 1.29 is 17.9 Å². The lowest BCUT2D eigenvalue weighted by molar-refractivity contribution is -0.274. The van der Waals surface area contributed by atoms with E-state index in [1.165, 1.54) is 17.8 Å². The molecule has 1 saturated heterocycles. The standard InChI is InChI=1S/C22H28F3N3O.2ClH/c1-3-27(4-2)19-9-5-17(6-10-19)21(28-15-13-26-14-16-28)18-7-11-20(12-8-18)29-22(23,24)25;;/h5-12,21,26H,3-4,13-16H2,1-2H3;2*1H/t21-;;/m0../s1. The first kappa shape index (κ1) is 27.4. The van der Waals surface area contributed by atoms with Crippen LogP contribution in [0.2, 0.25) is 0 Å². The minimum absolute atomic E-state index is 0. The number of nitrogens with one attached hydrogen (secondary N) is 1. The maximum atomic E-state index is 12.5. The van der Waals surface area contributed by atoms with Crippen molar-refractivity contribution >= 4 is 30.5 Å². The van der Waals surface area contributed by atoms with Crippen LogP contribution in [0.1, 0.15) is 31.0 Å². The molecule has 0 aliphatic carbocycles.